The number of hydrogen-bond acceptors (Lipinski definition) is 4. The van der Waals surface area contributed by atoms with Crippen LogP contribution in [0.15, 0.2) is 24.3 Å². The van der Waals surface area contributed by atoms with E-state index in [1.165, 1.54) is 6.07 Å². The van der Waals surface area contributed by atoms with Gasteiger partial charge in [0.15, 0.2) is 0 Å². The van der Waals surface area contributed by atoms with E-state index < -0.39 is 17.7 Å². The molecule has 9 heteroatoms. The number of ether oxygens (including phenoxy) is 1. The second-order valence-electron chi connectivity index (χ2n) is 7.91. The summed E-state index contributed by atoms with van der Waals surface area (Å²) in [5.41, 5.74) is 1.58. The number of aryl methyl sites for hydroxylation is 1. The van der Waals surface area contributed by atoms with Crippen LogP contribution < -0.4 is 4.90 Å². The van der Waals surface area contributed by atoms with E-state index in [2.05, 4.69) is 4.98 Å². The number of H-pyrrole nitrogens is 1. The molecule has 1 aromatic carbocycles. The highest BCUT2D eigenvalue weighted by Gasteiger charge is 2.32. The van der Waals surface area contributed by atoms with Crippen molar-refractivity contribution in [3.63, 3.8) is 0 Å². The summed E-state index contributed by atoms with van der Waals surface area (Å²) >= 11 is 0. The minimum Gasteiger partial charge on any atom is -0.459 e. The van der Waals surface area contributed by atoms with Crippen LogP contribution in [-0.4, -0.2) is 54.0 Å². The number of halogens is 3. The number of alkyl halides is 3. The maximum atomic E-state index is 13.0. The molecule has 1 N–H and O–H groups in total. The number of hydrogen-bond donors (Lipinski definition) is 1. The fraction of sp³-hybridized carbons (Fsp3) is 0.455. The van der Waals surface area contributed by atoms with Crippen molar-refractivity contribution in [2.75, 3.05) is 31.1 Å². The molecule has 2 heterocycles. The molecule has 1 aliphatic heterocycles. The predicted octanol–water partition coefficient (Wildman–Crippen LogP) is 4.18. The van der Waals surface area contributed by atoms with E-state index in [-0.39, 0.29) is 12.0 Å². The fourth-order valence-electron chi connectivity index (χ4n) is 3.75. The Kier molecular flexibility index (Phi) is 6.33. The highest BCUT2D eigenvalue weighted by molar-refractivity contribution is 6.00. The lowest BCUT2D eigenvalue weighted by atomic mass is 10.1. The van der Waals surface area contributed by atoms with Gasteiger partial charge in [0.1, 0.15) is 5.69 Å². The minimum atomic E-state index is -4.40. The van der Waals surface area contributed by atoms with E-state index in [4.69, 9.17) is 4.74 Å². The molecular weight excluding hydrogens is 411 g/mol. The number of aromatic nitrogens is 1. The number of amides is 1. The average Bonchev–Trinajstić information content (AvgIpc) is 3.00. The maximum absolute atomic E-state index is 13.0. The summed E-state index contributed by atoms with van der Waals surface area (Å²) in [5.74, 6) is -0.720. The number of anilines is 1. The van der Waals surface area contributed by atoms with Crippen molar-refractivity contribution in [1.29, 1.82) is 0 Å². The van der Waals surface area contributed by atoms with Crippen LogP contribution >= 0.6 is 0 Å². The molecule has 0 aliphatic carbocycles. The molecule has 168 valence electrons. The monoisotopic (exact) mass is 437 g/mol. The van der Waals surface area contributed by atoms with Gasteiger partial charge in [0, 0.05) is 37.6 Å². The zero-order valence-corrected chi connectivity index (χ0v) is 18.0. The number of carbonyl (C=O) groups excluding carboxylic acids is 2. The Labute approximate surface area is 179 Å². The van der Waals surface area contributed by atoms with Gasteiger partial charge in [-0.2, -0.15) is 13.2 Å². The lowest BCUT2D eigenvalue weighted by Gasteiger charge is -2.36. The summed E-state index contributed by atoms with van der Waals surface area (Å²) in [7, 11) is 0. The first kappa shape index (κ1) is 22.7. The minimum absolute atomic E-state index is 0.243. The molecule has 3 rings (SSSR count). The summed E-state index contributed by atoms with van der Waals surface area (Å²) in [6, 6.07) is 5.19. The molecule has 2 aromatic rings. The molecule has 0 bridgehead atoms. The number of piperazine rings is 1. The number of rotatable bonds is 4. The average molecular weight is 437 g/mol. The quantitative estimate of drug-likeness (QED) is 0.729. The molecule has 1 aliphatic rings. The van der Waals surface area contributed by atoms with Gasteiger partial charge in [-0.25, -0.2) is 4.79 Å². The van der Waals surface area contributed by atoms with E-state index in [1.807, 2.05) is 4.90 Å². The van der Waals surface area contributed by atoms with Crippen LogP contribution in [0, 0.1) is 13.8 Å². The third kappa shape index (κ3) is 4.86. The summed E-state index contributed by atoms with van der Waals surface area (Å²) in [6.45, 7) is 8.47. The van der Waals surface area contributed by atoms with E-state index in [1.54, 1.807) is 38.7 Å². The Morgan fingerprint density at radius 1 is 1.10 bits per heavy atom. The first-order valence-electron chi connectivity index (χ1n) is 10.1. The lowest BCUT2D eigenvalue weighted by molar-refractivity contribution is -0.137. The number of carbonyl (C=O) groups is 2. The summed E-state index contributed by atoms with van der Waals surface area (Å²) in [4.78, 5) is 31.9. The highest BCUT2D eigenvalue weighted by atomic mass is 19.4. The van der Waals surface area contributed by atoms with Gasteiger partial charge in [-0.15, -0.1) is 0 Å². The normalized spacial score (nSPS) is 14.8. The van der Waals surface area contributed by atoms with Crippen molar-refractivity contribution in [1.82, 2.24) is 9.88 Å². The van der Waals surface area contributed by atoms with Crippen LogP contribution in [0.25, 0.3) is 0 Å². The van der Waals surface area contributed by atoms with Gasteiger partial charge < -0.3 is 19.5 Å². The zero-order chi connectivity index (χ0) is 22.9. The van der Waals surface area contributed by atoms with Crippen LogP contribution in [0.4, 0.5) is 18.9 Å². The Balaban J connectivity index is 1.71. The SMILES string of the molecule is Cc1[nH]c(C(=O)N2CCN(c3cccc(C(F)(F)F)c3)CC2)c(C)c1C(=O)OC(C)C. The van der Waals surface area contributed by atoms with Gasteiger partial charge >= 0.3 is 12.1 Å². The Morgan fingerprint density at radius 3 is 2.32 bits per heavy atom. The largest absolute Gasteiger partial charge is 0.459 e. The lowest BCUT2D eigenvalue weighted by Crippen LogP contribution is -2.49. The molecule has 0 unspecified atom stereocenters. The van der Waals surface area contributed by atoms with Gasteiger partial charge in [0.25, 0.3) is 5.91 Å². The van der Waals surface area contributed by atoms with Crippen LogP contribution in [0.2, 0.25) is 0 Å². The number of nitrogens with zero attached hydrogens (tertiary/aromatic N) is 2. The predicted molar refractivity (Wildman–Crippen MR) is 110 cm³/mol. The van der Waals surface area contributed by atoms with Gasteiger partial charge in [0.2, 0.25) is 0 Å². The Bertz CT molecular complexity index is 974. The van der Waals surface area contributed by atoms with E-state index in [0.29, 0.717) is 54.4 Å². The molecular formula is C22H26F3N3O3. The number of nitrogens with one attached hydrogen (secondary N) is 1. The first-order valence-corrected chi connectivity index (χ1v) is 10.1. The van der Waals surface area contributed by atoms with Crippen LogP contribution in [-0.2, 0) is 10.9 Å². The summed E-state index contributed by atoms with van der Waals surface area (Å²) < 4.78 is 44.2. The van der Waals surface area contributed by atoms with Crippen LogP contribution in [0.1, 0.15) is 51.5 Å². The van der Waals surface area contributed by atoms with E-state index in [0.717, 1.165) is 12.1 Å². The zero-order valence-electron chi connectivity index (χ0n) is 18.0. The molecule has 0 saturated carbocycles. The standard InChI is InChI=1S/C22H26F3N3O3/c1-13(2)31-21(30)18-14(3)19(26-15(18)4)20(29)28-10-8-27(9-11-28)17-7-5-6-16(12-17)22(23,24)25/h5-7,12-13,26H,8-11H2,1-4H3. The topological polar surface area (TPSA) is 65.6 Å². The molecule has 6 nitrogen and oxygen atoms in total. The van der Waals surface area contributed by atoms with Crippen molar-refractivity contribution in [3.8, 4) is 0 Å². The van der Waals surface area contributed by atoms with Crippen molar-refractivity contribution < 1.29 is 27.5 Å². The van der Waals surface area contributed by atoms with Crippen molar-refractivity contribution >= 4 is 17.6 Å². The molecule has 0 radical (unpaired) electrons. The second-order valence-corrected chi connectivity index (χ2v) is 7.91. The fourth-order valence-corrected chi connectivity index (χ4v) is 3.75. The van der Waals surface area contributed by atoms with Crippen molar-refractivity contribution in [2.24, 2.45) is 0 Å². The molecule has 1 aromatic heterocycles. The molecule has 1 saturated heterocycles. The van der Waals surface area contributed by atoms with Gasteiger partial charge in [-0.1, -0.05) is 6.07 Å². The number of esters is 1. The van der Waals surface area contributed by atoms with E-state index in [9.17, 15) is 22.8 Å². The first-order chi connectivity index (χ1) is 14.5. The highest BCUT2D eigenvalue weighted by Crippen LogP contribution is 2.32. The molecule has 31 heavy (non-hydrogen) atoms. The Hall–Kier alpha value is -2.97. The molecule has 1 fully saturated rings. The van der Waals surface area contributed by atoms with E-state index >= 15 is 0 Å². The van der Waals surface area contributed by atoms with Crippen molar-refractivity contribution in [3.05, 3.63) is 52.3 Å². The van der Waals surface area contributed by atoms with Crippen LogP contribution in [0.3, 0.4) is 0 Å². The summed E-state index contributed by atoms with van der Waals surface area (Å²) in [5, 5.41) is 0. The van der Waals surface area contributed by atoms with Gasteiger partial charge in [0.05, 0.1) is 17.2 Å². The van der Waals surface area contributed by atoms with Gasteiger partial charge in [-0.05, 0) is 51.5 Å². The van der Waals surface area contributed by atoms with Crippen molar-refractivity contribution in [2.45, 2.75) is 40.0 Å². The molecule has 1 amide bonds. The summed E-state index contributed by atoms with van der Waals surface area (Å²) in [6.07, 6.45) is -4.67. The smallest absolute Gasteiger partial charge is 0.416 e. The number of benzene rings is 1. The van der Waals surface area contributed by atoms with Crippen LogP contribution in [0.5, 0.6) is 0 Å². The third-order valence-electron chi connectivity index (χ3n) is 5.30. The molecule has 0 spiro atoms. The maximum Gasteiger partial charge on any atom is 0.416 e. The molecule has 0 atom stereocenters. The second kappa shape index (κ2) is 8.64. The Morgan fingerprint density at radius 2 is 1.74 bits per heavy atom. The van der Waals surface area contributed by atoms with Gasteiger partial charge in [-0.3, -0.25) is 4.79 Å². The third-order valence-corrected chi connectivity index (χ3v) is 5.30. The number of aromatic amines is 1.